The van der Waals surface area contributed by atoms with Crippen LogP contribution in [0.5, 0.6) is 0 Å². The minimum atomic E-state index is -0.485. The lowest BCUT2D eigenvalue weighted by Gasteiger charge is -2.10. The number of fused-ring (bicyclic) bond motifs is 3. The third-order valence-electron chi connectivity index (χ3n) is 5.65. The fraction of sp³-hybridized carbons (Fsp3) is 0.130. The molecule has 0 aliphatic rings. The van der Waals surface area contributed by atoms with Gasteiger partial charge >= 0.3 is 11.7 Å². The number of carbonyl (C=O) groups excluding carboxylic acids is 1. The van der Waals surface area contributed by atoms with Gasteiger partial charge in [-0.05, 0) is 48.5 Å². The molecule has 9 nitrogen and oxygen atoms in total. The van der Waals surface area contributed by atoms with Gasteiger partial charge in [0.05, 0.1) is 18.4 Å². The van der Waals surface area contributed by atoms with E-state index in [1.54, 1.807) is 58.6 Å². The predicted molar refractivity (Wildman–Crippen MR) is 119 cm³/mol. The molecule has 0 fully saturated rings. The Morgan fingerprint density at radius 1 is 0.970 bits per heavy atom. The van der Waals surface area contributed by atoms with Gasteiger partial charge < -0.3 is 4.74 Å². The highest BCUT2D eigenvalue weighted by Crippen LogP contribution is 2.29. The van der Waals surface area contributed by atoms with Crippen molar-refractivity contribution in [2.24, 2.45) is 14.1 Å². The van der Waals surface area contributed by atoms with Crippen LogP contribution in [0.2, 0.25) is 0 Å². The largest absolute Gasteiger partial charge is 0.465 e. The number of ether oxygens (including phenoxy) is 1. The summed E-state index contributed by atoms with van der Waals surface area (Å²) in [6, 6.07) is 12.6. The fourth-order valence-corrected chi connectivity index (χ4v) is 3.91. The third kappa shape index (κ3) is 2.99. The van der Waals surface area contributed by atoms with E-state index in [1.165, 1.54) is 30.9 Å². The van der Waals surface area contributed by atoms with Crippen molar-refractivity contribution in [1.29, 1.82) is 0 Å². The number of nitrogens with zero attached hydrogens (tertiary/aromatic N) is 5. The summed E-state index contributed by atoms with van der Waals surface area (Å²) in [6.07, 6.45) is 1.72. The van der Waals surface area contributed by atoms with Gasteiger partial charge in [-0.1, -0.05) is 0 Å². The quantitative estimate of drug-likeness (QED) is 0.396. The SMILES string of the molecule is COC(=O)c1ccc(-n2c(-c3ccc(F)cc3)cn3c4c(=O)n(C)c(=O)n(C)c4nc23)cc1. The number of hydrogen-bond donors (Lipinski definition) is 0. The molecule has 0 radical (unpaired) electrons. The zero-order valence-electron chi connectivity index (χ0n) is 17.9. The topological polar surface area (TPSA) is 92.5 Å². The zero-order valence-corrected chi connectivity index (χ0v) is 17.9. The molecule has 166 valence electrons. The Hall–Kier alpha value is -4.47. The van der Waals surface area contributed by atoms with Crippen LogP contribution in [-0.4, -0.2) is 36.2 Å². The summed E-state index contributed by atoms with van der Waals surface area (Å²) in [4.78, 5) is 41.8. The van der Waals surface area contributed by atoms with E-state index in [9.17, 15) is 18.8 Å². The van der Waals surface area contributed by atoms with Crippen molar-refractivity contribution in [3.63, 3.8) is 0 Å². The van der Waals surface area contributed by atoms with Crippen LogP contribution >= 0.6 is 0 Å². The van der Waals surface area contributed by atoms with Crippen LogP contribution in [0.4, 0.5) is 4.39 Å². The van der Waals surface area contributed by atoms with Gasteiger partial charge in [-0.25, -0.2) is 14.0 Å². The van der Waals surface area contributed by atoms with Crippen molar-refractivity contribution in [1.82, 2.24) is 23.1 Å². The summed E-state index contributed by atoms with van der Waals surface area (Å²) >= 11 is 0. The van der Waals surface area contributed by atoms with Crippen LogP contribution in [-0.2, 0) is 18.8 Å². The molecule has 0 atom stereocenters. The molecular formula is C23H18FN5O4. The summed E-state index contributed by atoms with van der Waals surface area (Å²) in [7, 11) is 4.26. The standard InChI is InChI=1S/C23H18FN5O4/c1-26-19-18(20(30)27(2)23(26)32)28-12-17(13-4-8-15(24)9-5-13)29(22(28)25-19)16-10-6-14(7-11-16)21(31)33-3/h4-12H,1-3H3. The number of methoxy groups -OCH3 is 1. The second-order valence-electron chi connectivity index (χ2n) is 7.55. The molecule has 0 saturated carbocycles. The molecule has 0 unspecified atom stereocenters. The van der Waals surface area contributed by atoms with Crippen molar-refractivity contribution in [3.8, 4) is 16.9 Å². The average molecular weight is 447 g/mol. The van der Waals surface area contributed by atoms with Gasteiger partial charge in [0.1, 0.15) is 5.82 Å². The van der Waals surface area contributed by atoms with Crippen molar-refractivity contribution in [2.45, 2.75) is 0 Å². The monoisotopic (exact) mass is 447 g/mol. The van der Waals surface area contributed by atoms with E-state index in [1.807, 2.05) is 0 Å². The molecule has 3 heterocycles. The van der Waals surface area contributed by atoms with Crippen LogP contribution < -0.4 is 11.2 Å². The highest BCUT2D eigenvalue weighted by atomic mass is 19.1. The van der Waals surface area contributed by atoms with E-state index in [-0.39, 0.29) is 17.0 Å². The van der Waals surface area contributed by atoms with Crippen LogP contribution in [0.15, 0.2) is 64.3 Å². The number of imidazole rings is 2. The van der Waals surface area contributed by atoms with Crippen LogP contribution in [0.3, 0.4) is 0 Å². The molecule has 0 aliphatic heterocycles. The number of benzene rings is 2. The Morgan fingerprint density at radius 2 is 1.64 bits per heavy atom. The van der Waals surface area contributed by atoms with E-state index in [4.69, 9.17) is 4.74 Å². The lowest BCUT2D eigenvalue weighted by Crippen LogP contribution is -2.37. The molecule has 3 aromatic heterocycles. The van der Waals surface area contributed by atoms with E-state index >= 15 is 0 Å². The minimum Gasteiger partial charge on any atom is -0.465 e. The number of rotatable bonds is 3. The summed E-state index contributed by atoms with van der Waals surface area (Å²) in [5.74, 6) is -0.463. The number of halogens is 1. The first kappa shape index (κ1) is 20.4. The van der Waals surface area contributed by atoms with Gasteiger partial charge in [0.25, 0.3) is 5.56 Å². The predicted octanol–water partition coefficient (Wildman–Crippen LogP) is 2.27. The molecule has 0 aliphatic carbocycles. The molecule has 0 bridgehead atoms. The van der Waals surface area contributed by atoms with Gasteiger partial charge in [0.15, 0.2) is 11.2 Å². The van der Waals surface area contributed by atoms with Gasteiger partial charge in [0.2, 0.25) is 5.78 Å². The Labute approximate surface area is 185 Å². The number of aryl methyl sites for hydroxylation is 1. The molecule has 0 saturated heterocycles. The average Bonchev–Trinajstić information content (AvgIpc) is 3.38. The van der Waals surface area contributed by atoms with Crippen LogP contribution in [0.25, 0.3) is 33.9 Å². The Balaban J connectivity index is 1.87. The van der Waals surface area contributed by atoms with Gasteiger partial charge in [-0.2, -0.15) is 4.98 Å². The fourth-order valence-electron chi connectivity index (χ4n) is 3.91. The first-order valence-electron chi connectivity index (χ1n) is 9.96. The lowest BCUT2D eigenvalue weighted by atomic mass is 10.1. The van der Waals surface area contributed by atoms with Crippen molar-refractivity contribution < 1.29 is 13.9 Å². The third-order valence-corrected chi connectivity index (χ3v) is 5.65. The molecular weight excluding hydrogens is 429 g/mol. The summed E-state index contributed by atoms with van der Waals surface area (Å²) in [5, 5.41) is 0. The smallest absolute Gasteiger partial charge is 0.337 e. The van der Waals surface area contributed by atoms with Crippen LogP contribution in [0.1, 0.15) is 10.4 Å². The van der Waals surface area contributed by atoms with Crippen molar-refractivity contribution in [3.05, 3.63) is 86.9 Å². The highest BCUT2D eigenvalue weighted by Gasteiger charge is 2.22. The molecule has 0 amide bonds. The lowest BCUT2D eigenvalue weighted by molar-refractivity contribution is 0.0600. The van der Waals surface area contributed by atoms with Gasteiger partial charge in [-0.15, -0.1) is 0 Å². The molecule has 0 spiro atoms. The van der Waals surface area contributed by atoms with Crippen molar-refractivity contribution >= 4 is 22.9 Å². The maximum atomic E-state index is 13.6. The second-order valence-corrected chi connectivity index (χ2v) is 7.55. The van der Waals surface area contributed by atoms with Crippen LogP contribution in [0, 0.1) is 5.82 Å². The van der Waals surface area contributed by atoms with Gasteiger partial charge in [-0.3, -0.25) is 22.9 Å². The summed E-state index contributed by atoms with van der Waals surface area (Å²) in [6.45, 7) is 0. The molecule has 5 aromatic rings. The maximum Gasteiger partial charge on any atom is 0.337 e. The normalized spacial score (nSPS) is 11.4. The van der Waals surface area contributed by atoms with Gasteiger partial charge in [0, 0.05) is 31.5 Å². The second kappa shape index (κ2) is 7.30. The zero-order chi connectivity index (χ0) is 23.4. The Bertz CT molecular complexity index is 1670. The first-order chi connectivity index (χ1) is 15.8. The Morgan fingerprint density at radius 3 is 2.27 bits per heavy atom. The van der Waals surface area contributed by atoms with E-state index in [0.717, 1.165) is 4.57 Å². The number of aromatic nitrogens is 5. The summed E-state index contributed by atoms with van der Waals surface area (Å²) < 4.78 is 24.1. The molecule has 10 heteroatoms. The maximum absolute atomic E-state index is 13.6. The van der Waals surface area contributed by atoms with Crippen molar-refractivity contribution in [2.75, 3.05) is 7.11 Å². The highest BCUT2D eigenvalue weighted by molar-refractivity contribution is 5.89. The molecule has 5 rings (SSSR count). The molecule has 0 N–H and O–H groups in total. The number of hydrogen-bond acceptors (Lipinski definition) is 5. The van der Waals surface area contributed by atoms with E-state index < -0.39 is 17.2 Å². The Kier molecular flexibility index (Phi) is 4.52. The van der Waals surface area contributed by atoms with E-state index in [0.29, 0.717) is 28.3 Å². The minimum absolute atomic E-state index is 0.239. The first-order valence-corrected chi connectivity index (χ1v) is 9.96. The van der Waals surface area contributed by atoms with E-state index in [2.05, 4.69) is 4.98 Å². The summed E-state index contributed by atoms with van der Waals surface area (Å²) in [5.41, 5.74) is 1.86. The number of esters is 1. The molecule has 33 heavy (non-hydrogen) atoms. The molecule has 2 aromatic carbocycles. The number of carbonyl (C=O) groups is 1.